The molecular formula is C18H17ClO4S. The van der Waals surface area contributed by atoms with Gasteiger partial charge in [-0.2, -0.15) is 0 Å². The molecule has 0 saturated carbocycles. The number of ketones is 1. The van der Waals surface area contributed by atoms with Gasteiger partial charge in [0.15, 0.2) is 5.78 Å². The van der Waals surface area contributed by atoms with Crippen LogP contribution in [0.3, 0.4) is 0 Å². The van der Waals surface area contributed by atoms with Crippen molar-refractivity contribution in [1.29, 1.82) is 0 Å². The Labute approximate surface area is 149 Å². The van der Waals surface area contributed by atoms with Gasteiger partial charge in [-0.1, -0.05) is 23.7 Å². The fourth-order valence-corrected chi connectivity index (χ4v) is 3.31. The normalized spacial score (nSPS) is 11.8. The molecule has 0 heterocycles. The molecule has 1 unspecified atom stereocenters. The Morgan fingerprint density at radius 2 is 1.83 bits per heavy atom. The Morgan fingerprint density at radius 3 is 2.42 bits per heavy atom. The van der Waals surface area contributed by atoms with E-state index in [4.69, 9.17) is 16.3 Å². The van der Waals surface area contributed by atoms with Gasteiger partial charge >= 0.3 is 5.97 Å². The minimum Gasteiger partial charge on any atom is -0.494 e. The quantitative estimate of drug-likeness (QED) is 0.549. The molecule has 6 heteroatoms. The summed E-state index contributed by atoms with van der Waals surface area (Å²) in [7, 11) is 0. The zero-order valence-corrected chi connectivity index (χ0v) is 14.6. The first-order valence-electron chi connectivity index (χ1n) is 7.41. The minimum absolute atomic E-state index is 0.112. The highest BCUT2D eigenvalue weighted by molar-refractivity contribution is 8.00. The summed E-state index contributed by atoms with van der Waals surface area (Å²) in [6.07, 6.45) is -0.112. The molecule has 2 aromatic carbocycles. The second kappa shape index (κ2) is 8.76. The molecule has 0 aliphatic heterocycles. The largest absolute Gasteiger partial charge is 0.494 e. The van der Waals surface area contributed by atoms with Crippen LogP contribution >= 0.6 is 23.4 Å². The summed E-state index contributed by atoms with van der Waals surface area (Å²) in [4.78, 5) is 24.5. The zero-order chi connectivity index (χ0) is 17.5. The first-order chi connectivity index (χ1) is 11.5. The van der Waals surface area contributed by atoms with Gasteiger partial charge in [0.05, 0.1) is 11.6 Å². The number of aliphatic carboxylic acids is 1. The number of thioether (sulfide) groups is 1. The second-order valence-electron chi connectivity index (χ2n) is 4.96. The number of carbonyl (C=O) groups excluding carboxylic acids is 1. The Morgan fingerprint density at radius 1 is 1.17 bits per heavy atom. The second-order valence-corrected chi connectivity index (χ2v) is 6.61. The van der Waals surface area contributed by atoms with Crippen molar-refractivity contribution < 1.29 is 19.4 Å². The molecule has 24 heavy (non-hydrogen) atoms. The van der Waals surface area contributed by atoms with E-state index >= 15 is 0 Å². The van der Waals surface area contributed by atoms with Gasteiger partial charge in [0.1, 0.15) is 11.0 Å². The van der Waals surface area contributed by atoms with E-state index in [0.717, 1.165) is 11.8 Å². The van der Waals surface area contributed by atoms with Crippen LogP contribution in [0.25, 0.3) is 0 Å². The lowest BCUT2D eigenvalue weighted by Gasteiger charge is -2.12. The van der Waals surface area contributed by atoms with Crippen LogP contribution in [-0.4, -0.2) is 28.7 Å². The third-order valence-corrected chi connectivity index (χ3v) is 4.94. The first-order valence-corrected chi connectivity index (χ1v) is 8.67. The van der Waals surface area contributed by atoms with Crippen molar-refractivity contribution in [3.05, 3.63) is 59.1 Å². The fourth-order valence-electron chi connectivity index (χ4n) is 2.06. The summed E-state index contributed by atoms with van der Waals surface area (Å²) in [5.74, 6) is -0.599. The van der Waals surface area contributed by atoms with E-state index in [1.807, 2.05) is 6.92 Å². The Balaban J connectivity index is 2.08. The van der Waals surface area contributed by atoms with Crippen LogP contribution in [0.1, 0.15) is 23.7 Å². The molecule has 126 valence electrons. The lowest BCUT2D eigenvalue weighted by atomic mass is 10.1. The number of carboxylic acid groups (broad SMARTS) is 1. The van der Waals surface area contributed by atoms with Crippen LogP contribution in [0.5, 0.6) is 5.75 Å². The minimum atomic E-state index is -1.04. The van der Waals surface area contributed by atoms with Crippen molar-refractivity contribution in [3.63, 3.8) is 0 Å². The van der Waals surface area contributed by atoms with Crippen LogP contribution in [0.2, 0.25) is 5.02 Å². The summed E-state index contributed by atoms with van der Waals surface area (Å²) in [5.41, 5.74) is 0.462. The molecule has 0 aromatic heterocycles. The van der Waals surface area contributed by atoms with Gasteiger partial charge in [-0.25, -0.2) is 0 Å². The standard InChI is InChI=1S/C18H17ClO4S/c1-2-23-13-9-7-12(8-10-13)15(20)11-17(18(21)22)24-16-6-4-3-5-14(16)19/h3-10,17H,2,11H2,1H3,(H,21,22). The van der Waals surface area contributed by atoms with E-state index in [1.165, 1.54) is 0 Å². The molecule has 0 radical (unpaired) electrons. The summed E-state index contributed by atoms with van der Waals surface area (Å²) < 4.78 is 5.33. The SMILES string of the molecule is CCOc1ccc(C(=O)CC(Sc2ccccc2Cl)C(=O)O)cc1. The highest BCUT2D eigenvalue weighted by Gasteiger charge is 2.24. The maximum absolute atomic E-state index is 12.4. The van der Waals surface area contributed by atoms with Crippen molar-refractivity contribution >= 4 is 35.1 Å². The maximum Gasteiger partial charge on any atom is 0.317 e. The lowest BCUT2D eigenvalue weighted by Crippen LogP contribution is -2.20. The molecule has 0 aliphatic rings. The molecule has 0 aliphatic carbocycles. The van der Waals surface area contributed by atoms with Gasteiger partial charge in [0.25, 0.3) is 0 Å². The number of benzene rings is 2. The van der Waals surface area contributed by atoms with E-state index in [1.54, 1.807) is 48.5 Å². The molecule has 0 fully saturated rings. The highest BCUT2D eigenvalue weighted by Crippen LogP contribution is 2.32. The number of hydrogen-bond acceptors (Lipinski definition) is 4. The molecule has 0 bridgehead atoms. The number of carbonyl (C=O) groups is 2. The van der Waals surface area contributed by atoms with Crippen LogP contribution in [0.15, 0.2) is 53.4 Å². The van der Waals surface area contributed by atoms with Crippen molar-refractivity contribution in [2.45, 2.75) is 23.5 Å². The predicted molar refractivity (Wildman–Crippen MR) is 95.3 cm³/mol. The van der Waals surface area contributed by atoms with Crippen molar-refractivity contribution in [2.24, 2.45) is 0 Å². The molecular weight excluding hydrogens is 348 g/mol. The average Bonchev–Trinajstić information content (AvgIpc) is 2.57. The van der Waals surface area contributed by atoms with Crippen LogP contribution in [-0.2, 0) is 4.79 Å². The molecule has 0 saturated heterocycles. The smallest absolute Gasteiger partial charge is 0.317 e. The Bertz CT molecular complexity index is 715. The van der Waals surface area contributed by atoms with E-state index in [9.17, 15) is 14.7 Å². The van der Waals surface area contributed by atoms with Crippen LogP contribution in [0.4, 0.5) is 0 Å². The summed E-state index contributed by atoms with van der Waals surface area (Å²) in [5, 5.41) is 8.97. The van der Waals surface area contributed by atoms with E-state index in [-0.39, 0.29) is 12.2 Å². The number of halogens is 1. The number of rotatable bonds is 8. The molecule has 2 rings (SSSR count). The summed E-state index contributed by atoms with van der Waals surface area (Å²) in [6.45, 7) is 2.42. The maximum atomic E-state index is 12.4. The van der Waals surface area contributed by atoms with Crippen LogP contribution < -0.4 is 4.74 Å². The fraction of sp³-hybridized carbons (Fsp3) is 0.222. The van der Waals surface area contributed by atoms with Gasteiger partial charge in [0.2, 0.25) is 0 Å². The van der Waals surface area contributed by atoms with Gasteiger partial charge in [-0.3, -0.25) is 9.59 Å². The number of hydrogen-bond donors (Lipinski definition) is 1. The van der Waals surface area contributed by atoms with Gasteiger partial charge in [-0.15, -0.1) is 11.8 Å². The molecule has 0 amide bonds. The van der Waals surface area contributed by atoms with Crippen molar-refractivity contribution in [3.8, 4) is 5.75 Å². The van der Waals surface area contributed by atoms with Crippen LogP contribution in [0, 0.1) is 0 Å². The van der Waals surface area contributed by atoms with Gasteiger partial charge < -0.3 is 9.84 Å². The number of ether oxygens (including phenoxy) is 1. The lowest BCUT2D eigenvalue weighted by molar-refractivity contribution is -0.136. The van der Waals surface area contributed by atoms with E-state index < -0.39 is 11.2 Å². The molecule has 1 N–H and O–H groups in total. The Kier molecular flexibility index (Phi) is 6.70. The molecule has 2 aromatic rings. The molecule has 1 atom stereocenters. The first kappa shape index (κ1) is 18.4. The van der Waals surface area contributed by atoms with E-state index in [2.05, 4.69) is 0 Å². The third kappa shape index (κ3) is 5.01. The average molecular weight is 365 g/mol. The van der Waals surface area contributed by atoms with E-state index in [0.29, 0.717) is 27.8 Å². The molecule has 4 nitrogen and oxygen atoms in total. The highest BCUT2D eigenvalue weighted by atomic mass is 35.5. The van der Waals surface area contributed by atoms with Gasteiger partial charge in [0, 0.05) is 16.9 Å². The Hall–Kier alpha value is -1.98. The van der Waals surface area contributed by atoms with Crippen molar-refractivity contribution in [1.82, 2.24) is 0 Å². The predicted octanol–water partition coefficient (Wildman–Crippen LogP) is 4.56. The van der Waals surface area contributed by atoms with Gasteiger partial charge in [-0.05, 0) is 43.3 Å². The molecule has 0 spiro atoms. The topological polar surface area (TPSA) is 63.6 Å². The number of carboxylic acids is 1. The summed E-state index contributed by atoms with van der Waals surface area (Å²) in [6, 6.07) is 13.7. The zero-order valence-electron chi connectivity index (χ0n) is 13.1. The number of Topliss-reactive ketones (excluding diaryl/α,β-unsaturated/α-hetero) is 1. The third-order valence-electron chi connectivity index (χ3n) is 3.24. The van der Waals surface area contributed by atoms with Crippen molar-refractivity contribution in [2.75, 3.05) is 6.61 Å². The summed E-state index contributed by atoms with van der Waals surface area (Å²) >= 11 is 7.14. The monoisotopic (exact) mass is 364 g/mol.